The molecule has 6 heteroatoms. The van der Waals surface area contributed by atoms with E-state index in [0.29, 0.717) is 17.0 Å². The number of hydrogen-bond donors (Lipinski definition) is 1. The summed E-state index contributed by atoms with van der Waals surface area (Å²) in [4.78, 5) is 25.8. The normalized spacial score (nSPS) is 14.3. The van der Waals surface area contributed by atoms with E-state index in [1.807, 2.05) is 37.3 Å². The van der Waals surface area contributed by atoms with Crippen LogP contribution in [0.25, 0.3) is 11.0 Å². The molecule has 0 aliphatic carbocycles. The van der Waals surface area contributed by atoms with Gasteiger partial charge >= 0.3 is 0 Å². The van der Waals surface area contributed by atoms with E-state index in [1.54, 1.807) is 30.1 Å². The highest BCUT2D eigenvalue weighted by Gasteiger charge is 2.24. The number of ether oxygens (including phenoxy) is 1. The number of rotatable bonds is 3. The number of para-hydroxylation sites is 1. The largest absolute Gasteiger partial charge is 0.482 e. The van der Waals surface area contributed by atoms with Crippen molar-refractivity contribution < 1.29 is 18.7 Å². The molecule has 1 aliphatic heterocycles. The Hall–Kier alpha value is -3.28. The van der Waals surface area contributed by atoms with Crippen LogP contribution < -0.4 is 10.1 Å². The van der Waals surface area contributed by atoms with Crippen LogP contribution in [0.5, 0.6) is 5.75 Å². The highest BCUT2D eigenvalue weighted by Crippen LogP contribution is 2.31. The summed E-state index contributed by atoms with van der Waals surface area (Å²) in [6.07, 6.45) is 0. The summed E-state index contributed by atoms with van der Waals surface area (Å²) < 4.78 is 11.3. The molecule has 3 aromatic rings. The third-order valence-electron chi connectivity index (χ3n) is 4.62. The first-order valence-corrected chi connectivity index (χ1v) is 8.35. The van der Waals surface area contributed by atoms with Gasteiger partial charge in [0.25, 0.3) is 11.8 Å². The van der Waals surface area contributed by atoms with Gasteiger partial charge in [0.1, 0.15) is 17.1 Å². The molecule has 26 heavy (non-hydrogen) atoms. The van der Waals surface area contributed by atoms with Crippen LogP contribution in [0.3, 0.4) is 0 Å². The van der Waals surface area contributed by atoms with E-state index >= 15 is 0 Å². The van der Waals surface area contributed by atoms with Gasteiger partial charge in [-0.15, -0.1) is 0 Å². The van der Waals surface area contributed by atoms with Crippen molar-refractivity contribution in [2.45, 2.75) is 13.0 Å². The molecular formula is C20H18N2O4. The van der Waals surface area contributed by atoms with E-state index in [-0.39, 0.29) is 24.5 Å². The summed E-state index contributed by atoms with van der Waals surface area (Å²) in [6, 6.07) is 14.5. The van der Waals surface area contributed by atoms with Crippen molar-refractivity contribution >= 4 is 28.5 Å². The minimum atomic E-state index is -0.230. The third-order valence-corrected chi connectivity index (χ3v) is 4.62. The Morgan fingerprint density at radius 1 is 1.19 bits per heavy atom. The molecule has 0 unspecified atom stereocenters. The zero-order chi connectivity index (χ0) is 18.3. The quantitative estimate of drug-likeness (QED) is 0.783. The Morgan fingerprint density at radius 3 is 2.81 bits per heavy atom. The lowest BCUT2D eigenvalue weighted by atomic mass is 10.1. The second kappa shape index (κ2) is 6.22. The summed E-state index contributed by atoms with van der Waals surface area (Å²) in [6.45, 7) is 1.88. The van der Waals surface area contributed by atoms with Gasteiger partial charge in [-0.3, -0.25) is 9.59 Å². The van der Waals surface area contributed by atoms with Crippen LogP contribution in [-0.4, -0.2) is 30.4 Å². The topological polar surface area (TPSA) is 71.8 Å². The first-order chi connectivity index (χ1) is 12.5. The van der Waals surface area contributed by atoms with Gasteiger partial charge in [0.15, 0.2) is 6.61 Å². The minimum absolute atomic E-state index is 0.0458. The zero-order valence-electron chi connectivity index (χ0n) is 14.5. The fourth-order valence-corrected chi connectivity index (χ4v) is 2.99. The van der Waals surface area contributed by atoms with Crippen molar-refractivity contribution in [3.05, 3.63) is 59.9 Å². The molecule has 1 N–H and O–H groups in total. The summed E-state index contributed by atoms with van der Waals surface area (Å²) >= 11 is 0. The molecule has 132 valence electrons. The van der Waals surface area contributed by atoms with Gasteiger partial charge in [-0.2, -0.15) is 0 Å². The van der Waals surface area contributed by atoms with Crippen molar-refractivity contribution in [2.75, 3.05) is 19.0 Å². The fourth-order valence-electron chi connectivity index (χ4n) is 2.99. The summed E-state index contributed by atoms with van der Waals surface area (Å²) in [5.41, 5.74) is 1.87. The molecule has 1 aliphatic rings. The molecule has 2 amide bonds. The van der Waals surface area contributed by atoms with Gasteiger partial charge in [-0.1, -0.05) is 18.2 Å². The van der Waals surface area contributed by atoms with E-state index in [0.717, 1.165) is 16.7 Å². The molecule has 2 aromatic carbocycles. The third kappa shape index (κ3) is 2.79. The summed E-state index contributed by atoms with van der Waals surface area (Å²) in [5, 5.41) is 3.72. The standard InChI is InChI=1S/C20H18N2O4/c1-12(17-9-13-5-3-4-6-16(13)26-17)22(2)20(24)14-7-8-15-18(10-14)25-11-19(23)21-15/h3-10,12H,11H2,1-2H3,(H,21,23)/t12-/m0/s1. The number of fused-ring (bicyclic) bond motifs is 2. The Bertz CT molecular complexity index is 975. The molecule has 1 atom stereocenters. The Balaban J connectivity index is 1.58. The smallest absolute Gasteiger partial charge is 0.262 e. The molecule has 6 nitrogen and oxygen atoms in total. The number of amides is 2. The van der Waals surface area contributed by atoms with Crippen molar-refractivity contribution in [2.24, 2.45) is 0 Å². The Labute approximate surface area is 150 Å². The molecule has 0 saturated heterocycles. The highest BCUT2D eigenvalue weighted by molar-refractivity contribution is 5.99. The van der Waals surface area contributed by atoms with Crippen LogP contribution in [-0.2, 0) is 4.79 Å². The molecule has 0 fully saturated rings. The average Bonchev–Trinajstić information content (AvgIpc) is 3.10. The molecule has 0 saturated carbocycles. The summed E-state index contributed by atoms with van der Waals surface area (Å²) in [7, 11) is 1.74. The lowest BCUT2D eigenvalue weighted by Crippen LogP contribution is -2.30. The number of carbonyl (C=O) groups excluding carboxylic acids is 2. The number of carbonyl (C=O) groups is 2. The molecule has 2 heterocycles. The van der Waals surface area contributed by atoms with Gasteiger partial charge < -0.3 is 19.4 Å². The summed E-state index contributed by atoms with van der Waals surface area (Å²) in [5.74, 6) is 0.872. The van der Waals surface area contributed by atoms with E-state index in [4.69, 9.17) is 9.15 Å². The van der Waals surface area contributed by atoms with Crippen LogP contribution in [0.2, 0.25) is 0 Å². The number of hydrogen-bond acceptors (Lipinski definition) is 4. The number of benzene rings is 2. The van der Waals surface area contributed by atoms with Gasteiger partial charge in [0.2, 0.25) is 0 Å². The van der Waals surface area contributed by atoms with Gasteiger partial charge in [0.05, 0.1) is 11.7 Å². The second-order valence-electron chi connectivity index (χ2n) is 6.33. The van der Waals surface area contributed by atoms with Crippen molar-refractivity contribution in [3.63, 3.8) is 0 Å². The average molecular weight is 350 g/mol. The van der Waals surface area contributed by atoms with Crippen molar-refractivity contribution in [1.82, 2.24) is 4.90 Å². The van der Waals surface area contributed by atoms with Crippen LogP contribution in [0.1, 0.15) is 29.1 Å². The van der Waals surface area contributed by atoms with Crippen LogP contribution in [0, 0.1) is 0 Å². The predicted molar refractivity (Wildman–Crippen MR) is 97.3 cm³/mol. The molecule has 0 radical (unpaired) electrons. The highest BCUT2D eigenvalue weighted by atomic mass is 16.5. The van der Waals surface area contributed by atoms with Gasteiger partial charge in [-0.05, 0) is 37.3 Å². The monoisotopic (exact) mass is 350 g/mol. The Kier molecular flexibility index (Phi) is 3.88. The first kappa shape index (κ1) is 16.2. The van der Waals surface area contributed by atoms with Gasteiger partial charge in [-0.25, -0.2) is 0 Å². The van der Waals surface area contributed by atoms with Crippen molar-refractivity contribution in [1.29, 1.82) is 0 Å². The van der Waals surface area contributed by atoms with E-state index in [2.05, 4.69) is 5.32 Å². The number of furan rings is 1. The number of nitrogens with zero attached hydrogens (tertiary/aromatic N) is 1. The van der Waals surface area contributed by atoms with E-state index in [9.17, 15) is 9.59 Å². The van der Waals surface area contributed by atoms with E-state index in [1.165, 1.54) is 0 Å². The van der Waals surface area contributed by atoms with Crippen LogP contribution in [0.15, 0.2) is 52.9 Å². The predicted octanol–water partition coefficient (Wildman–Crippen LogP) is 3.60. The van der Waals surface area contributed by atoms with Gasteiger partial charge in [0, 0.05) is 18.0 Å². The molecular weight excluding hydrogens is 332 g/mol. The van der Waals surface area contributed by atoms with Crippen molar-refractivity contribution in [3.8, 4) is 5.75 Å². The fraction of sp³-hybridized carbons (Fsp3) is 0.200. The molecule has 0 spiro atoms. The Morgan fingerprint density at radius 2 is 2.00 bits per heavy atom. The minimum Gasteiger partial charge on any atom is -0.482 e. The van der Waals surface area contributed by atoms with Crippen LogP contribution in [0.4, 0.5) is 5.69 Å². The second-order valence-corrected chi connectivity index (χ2v) is 6.33. The maximum atomic E-state index is 12.9. The van der Waals surface area contributed by atoms with E-state index < -0.39 is 0 Å². The molecule has 4 rings (SSSR count). The maximum Gasteiger partial charge on any atom is 0.262 e. The van der Waals surface area contributed by atoms with Crippen LogP contribution >= 0.6 is 0 Å². The molecule has 1 aromatic heterocycles. The molecule has 0 bridgehead atoms. The lowest BCUT2D eigenvalue weighted by molar-refractivity contribution is -0.118. The first-order valence-electron chi connectivity index (χ1n) is 8.35. The SMILES string of the molecule is C[C@@H](c1cc2ccccc2o1)N(C)C(=O)c1ccc2c(c1)OCC(=O)N2. The zero-order valence-corrected chi connectivity index (χ0v) is 14.5. The number of nitrogens with one attached hydrogen (secondary N) is 1. The number of anilines is 1. The maximum absolute atomic E-state index is 12.9. The lowest BCUT2D eigenvalue weighted by Gasteiger charge is -2.24.